The van der Waals surface area contributed by atoms with Crippen LogP contribution < -0.4 is 4.83 Å². The van der Waals surface area contributed by atoms with Gasteiger partial charge in [-0.25, -0.2) is 4.83 Å². The van der Waals surface area contributed by atoms with E-state index < -0.39 is 10.0 Å². The maximum atomic E-state index is 12.0. The van der Waals surface area contributed by atoms with Gasteiger partial charge < -0.3 is 0 Å². The predicted octanol–water partition coefficient (Wildman–Crippen LogP) is 3.61. The van der Waals surface area contributed by atoms with Gasteiger partial charge in [0.1, 0.15) is 0 Å². The summed E-state index contributed by atoms with van der Waals surface area (Å²) in [6.07, 6.45) is 1.32. The third-order valence-corrected chi connectivity index (χ3v) is 4.47. The highest BCUT2D eigenvalue weighted by molar-refractivity contribution is 7.89. The summed E-state index contributed by atoms with van der Waals surface area (Å²) in [4.78, 5) is 2.28. The van der Waals surface area contributed by atoms with Gasteiger partial charge in [0, 0.05) is 10.6 Å². The number of benzene rings is 2. The quantitative estimate of drug-likeness (QED) is 0.681. The molecule has 0 heterocycles. The molecule has 21 heavy (non-hydrogen) atoms. The van der Waals surface area contributed by atoms with Gasteiger partial charge in [0.15, 0.2) is 0 Å². The molecule has 0 spiro atoms. The third-order valence-electron chi connectivity index (χ3n) is 2.67. The van der Waals surface area contributed by atoms with Gasteiger partial charge in [0.05, 0.1) is 16.1 Å². The van der Waals surface area contributed by atoms with Crippen molar-refractivity contribution in [3.05, 3.63) is 63.6 Å². The number of sulfonamides is 1. The standard InChI is InChI=1S/C14H12Cl2N2O2S/c1-10-2-6-13(7-3-10)21(19,20)18-17-9-11-4-5-12(15)8-14(11)16/h2-9,18H,1H3. The molecule has 4 nitrogen and oxygen atoms in total. The molecule has 0 aromatic heterocycles. The molecule has 0 fully saturated rings. The van der Waals surface area contributed by atoms with Gasteiger partial charge in [-0.3, -0.25) is 0 Å². The van der Waals surface area contributed by atoms with Gasteiger partial charge in [-0.2, -0.15) is 13.5 Å². The molecule has 0 aliphatic heterocycles. The summed E-state index contributed by atoms with van der Waals surface area (Å²) >= 11 is 11.7. The lowest BCUT2D eigenvalue weighted by atomic mass is 10.2. The number of rotatable bonds is 4. The van der Waals surface area contributed by atoms with Crippen molar-refractivity contribution < 1.29 is 8.42 Å². The van der Waals surface area contributed by atoms with E-state index in [0.717, 1.165) is 5.56 Å². The second-order valence-electron chi connectivity index (χ2n) is 4.33. The molecule has 0 bridgehead atoms. The molecule has 7 heteroatoms. The Morgan fingerprint density at radius 1 is 1.10 bits per heavy atom. The summed E-state index contributed by atoms with van der Waals surface area (Å²) in [5.74, 6) is 0. The minimum Gasteiger partial charge on any atom is -0.200 e. The van der Waals surface area contributed by atoms with Crippen molar-refractivity contribution in [3.8, 4) is 0 Å². The monoisotopic (exact) mass is 342 g/mol. The first-order valence-electron chi connectivity index (χ1n) is 5.95. The molecule has 0 saturated heterocycles. The molecule has 1 N–H and O–H groups in total. The largest absolute Gasteiger partial charge is 0.276 e. The zero-order valence-corrected chi connectivity index (χ0v) is 13.4. The molecule has 0 radical (unpaired) electrons. The molecular formula is C14H12Cl2N2O2S. The molecule has 0 aliphatic carbocycles. The summed E-state index contributed by atoms with van der Waals surface area (Å²) < 4.78 is 24.0. The molecule has 2 rings (SSSR count). The van der Waals surface area contributed by atoms with Crippen LogP contribution in [-0.4, -0.2) is 14.6 Å². The number of halogens is 2. The Hall–Kier alpha value is -1.56. The Bertz CT molecular complexity index is 772. The minimum absolute atomic E-state index is 0.146. The smallest absolute Gasteiger partial charge is 0.200 e. The average Bonchev–Trinajstić information content (AvgIpc) is 2.41. The molecule has 0 saturated carbocycles. The van der Waals surface area contributed by atoms with Gasteiger partial charge in [0.25, 0.3) is 10.0 Å². The molecule has 0 aliphatic rings. The van der Waals surface area contributed by atoms with Crippen LogP contribution in [0.15, 0.2) is 52.5 Å². The summed E-state index contributed by atoms with van der Waals surface area (Å²) in [5, 5.41) is 4.60. The summed E-state index contributed by atoms with van der Waals surface area (Å²) in [5.41, 5.74) is 1.54. The number of hydrogen-bond acceptors (Lipinski definition) is 3. The number of hydrazone groups is 1. The van der Waals surface area contributed by atoms with Gasteiger partial charge in [-0.15, -0.1) is 0 Å². The fourth-order valence-electron chi connectivity index (χ4n) is 1.54. The lowest BCUT2D eigenvalue weighted by molar-refractivity contribution is 0.584. The third kappa shape index (κ3) is 4.20. The molecule has 2 aromatic rings. The second-order valence-corrected chi connectivity index (χ2v) is 6.84. The van der Waals surface area contributed by atoms with Gasteiger partial charge >= 0.3 is 0 Å². The van der Waals surface area contributed by atoms with Crippen LogP contribution in [0.1, 0.15) is 11.1 Å². The maximum Gasteiger partial charge on any atom is 0.276 e. The Morgan fingerprint density at radius 3 is 2.38 bits per heavy atom. The highest BCUT2D eigenvalue weighted by atomic mass is 35.5. The average molecular weight is 343 g/mol. The van der Waals surface area contributed by atoms with Crippen LogP contribution in [0.5, 0.6) is 0 Å². The first-order valence-corrected chi connectivity index (χ1v) is 8.19. The zero-order valence-electron chi connectivity index (χ0n) is 11.0. The van der Waals surface area contributed by atoms with E-state index in [1.807, 2.05) is 6.92 Å². The molecule has 0 atom stereocenters. The first-order chi connectivity index (χ1) is 9.88. The van der Waals surface area contributed by atoms with E-state index in [1.54, 1.807) is 30.3 Å². The lowest BCUT2D eigenvalue weighted by Crippen LogP contribution is -2.18. The summed E-state index contributed by atoms with van der Waals surface area (Å²) in [6.45, 7) is 1.88. The number of nitrogens with one attached hydrogen (secondary N) is 1. The Balaban J connectivity index is 2.14. The number of aryl methyl sites for hydroxylation is 1. The Labute approximate surface area is 133 Å². The van der Waals surface area contributed by atoms with E-state index >= 15 is 0 Å². The molecule has 0 amide bonds. The van der Waals surface area contributed by atoms with E-state index in [4.69, 9.17) is 23.2 Å². The van der Waals surface area contributed by atoms with Crippen molar-refractivity contribution >= 4 is 39.4 Å². The van der Waals surface area contributed by atoms with Crippen LogP contribution >= 0.6 is 23.2 Å². The van der Waals surface area contributed by atoms with Crippen molar-refractivity contribution in [2.75, 3.05) is 0 Å². The molecule has 110 valence electrons. The highest BCUT2D eigenvalue weighted by Gasteiger charge is 2.11. The van der Waals surface area contributed by atoms with E-state index in [2.05, 4.69) is 9.93 Å². The van der Waals surface area contributed by atoms with Crippen LogP contribution in [0, 0.1) is 6.92 Å². The van der Waals surface area contributed by atoms with Crippen molar-refractivity contribution in [1.82, 2.24) is 4.83 Å². The van der Waals surface area contributed by atoms with Crippen molar-refractivity contribution in [2.45, 2.75) is 11.8 Å². The van der Waals surface area contributed by atoms with Gasteiger partial charge in [0.2, 0.25) is 0 Å². The summed E-state index contributed by atoms with van der Waals surface area (Å²) in [7, 11) is -3.69. The fraction of sp³-hybridized carbons (Fsp3) is 0.0714. The van der Waals surface area contributed by atoms with Crippen LogP contribution in [0.3, 0.4) is 0 Å². The van der Waals surface area contributed by atoms with Gasteiger partial charge in [-0.05, 0) is 31.2 Å². The fourth-order valence-corrected chi connectivity index (χ4v) is 2.79. The number of nitrogens with zero attached hydrogens (tertiary/aromatic N) is 1. The Kier molecular flexibility index (Phi) is 4.88. The second kappa shape index (κ2) is 6.47. The Morgan fingerprint density at radius 2 is 1.76 bits per heavy atom. The minimum atomic E-state index is -3.69. The molecular weight excluding hydrogens is 331 g/mol. The van der Waals surface area contributed by atoms with Crippen molar-refractivity contribution in [1.29, 1.82) is 0 Å². The zero-order chi connectivity index (χ0) is 15.5. The van der Waals surface area contributed by atoms with E-state index in [9.17, 15) is 8.42 Å². The van der Waals surface area contributed by atoms with E-state index in [0.29, 0.717) is 15.6 Å². The molecule has 2 aromatic carbocycles. The van der Waals surface area contributed by atoms with Crippen LogP contribution in [-0.2, 0) is 10.0 Å². The van der Waals surface area contributed by atoms with E-state index in [1.165, 1.54) is 18.3 Å². The van der Waals surface area contributed by atoms with Crippen LogP contribution in [0.25, 0.3) is 0 Å². The predicted molar refractivity (Wildman–Crippen MR) is 85.6 cm³/mol. The first kappa shape index (κ1) is 15.8. The van der Waals surface area contributed by atoms with Crippen LogP contribution in [0.4, 0.5) is 0 Å². The van der Waals surface area contributed by atoms with Crippen molar-refractivity contribution in [2.24, 2.45) is 5.10 Å². The van der Waals surface area contributed by atoms with Gasteiger partial charge in [-0.1, -0.05) is 47.0 Å². The lowest BCUT2D eigenvalue weighted by Gasteiger charge is -2.04. The SMILES string of the molecule is Cc1ccc(S(=O)(=O)NN=Cc2ccc(Cl)cc2Cl)cc1. The normalized spacial score (nSPS) is 11.8. The maximum absolute atomic E-state index is 12.0. The van der Waals surface area contributed by atoms with E-state index in [-0.39, 0.29) is 4.90 Å². The highest BCUT2D eigenvalue weighted by Crippen LogP contribution is 2.19. The number of hydrogen-bond donors (Lipinski definition) is 1. The molecule has 0 unspecified atom stereocenters. The van der Waals surface area contributed by atoms with Crippen molar-refractivity contribution in [3.63, 3.8) is 0 Å². The summed E-state index contributed by atoms with van der Waals surface area (Å²) in [6, 6.07) is 11.3. The van der Waals surface area contributed by atoms with Crippen LogP contribution in [0.2, 0.25) is 10.0 Å². The topological polar surface area (TPSA) is 58.5 Å².